The monoisotopic (exact) mass is 238 g/mol. The summed E-state index contributed by atoms with van der Waals surface area (Å²) in [5, 5.41) is 3.52. The molecule has 0 aliphatic carbocycles. The fraction of sp³-hybridized carbons (Fsp3) is 0.571. The van der Waals surface area contributed by atoms with Crippen molar-refractivity contribution in [3.8, 4) is 0 Å². The highest BCUT2D eigenvalue weighted by atomic mass is 19.1. The third-order valence-corrected chi connectivity index (χ3v) is 3.22. The van der Waals surface area contributed by atoms with Crippen LogP contribution in [0.25, 0.3) is 0 Å². The van der Waals surface area contributed by atoms with Crippen LogP contribution in [0.1, 0.15) is 31.9 Å². The minimum atomic E-state index is -0.176. The summed E-state index contributed by atoms with van der Waals surface area (Å²) in [6, 6.07) is 7.56. The minimum Gasteiger partial charge on any atom is -0.308 e. The number of nitrogens with zero attached hydrogens (tertiary/aromatic N) is 1. The lowest BCUT2D eigenvalue weighted by Crippen LogP contribution is -2.37. The number of halogens is 1. The number of hydrogen-bond acceptors (Lipinski definition) is 2. The Morgan fingerprint density at radius 2 is 1.82 bits per heavy atom. The van der Waals surface area contributed by atoms with Crippen LogP contribution in [0.5, 0.6) is 0 Å². The summed E-state index contributed by atoms with van der Waals surface area (Å²) in [4.78, 5) is 2.18. The normalized spacial score (nSPS) is 14.9. The lowest BCUT2D eigenvalue weighted by Gasteiger charge is -2.24. The SMILES string of the molecule is CCC(NCC(C)N(C)C)c1ccc(F)cc1. The van der Waals surface area contributed by atoms with Gasteiger partial charge in [-0.1, -0.05) is 19.1 Å². The Morgan fingerprint density at radius 3 is 2.29 bits per heavy atom. The molecule has 0 aliphatic heterocycles. The van der Waals surface area contributed by atoms with E-state index in [1.54, 1.807) is 0 Å². The molecule has 0 radical (unpaired) electrons. The van der Waals surface area contributed by atoms with E-state index in [0.717, 1.165) is 18.5 Å². The molecule has 1 N–H and O–H groups in total. The molecule has 17 heavy (non-hydrogen) atoms. The van der Waals surface area contributed by atoms with E-state index in [1.807, 2.05) is 12.1 Å². The smallest absolute Gasteiger partial charge is 0.123 e. The van der Waals surface area contributed by atoms with E-state index in [0.29, 0.717) is 12.1 Å². The molecule has 1 aromatic rings. The molecule has 2 nitrogen and oxygen atoms in total. The predicted octanol–water partition coefficient (Wildman–Crippen LogP) is 2.82. The molecule has 1 rings (SSSR count). The van der Waals surface area contributed by atoms with Crippen molar-refractivity contribution in [3.63, 3.8) is 0 Å². The average Bonchev–Trinajstić information content (AvgIpc) is 2.31. The quantitative estimate of drug-likeness (QED) is 0.820. The Hall–Kier alpha value is -0.930. The van der Waals surface area contributed by atoms with Crippen LogP contribution in [0.15, 0.2) is 24.3 Å². The molecule has 2 atom stereocenters. The summed E-state index contributed by atoms with van der Waals surface area (Å²) in [6.45, 7) is 5.26. The van der Waals surface area contributed by atoms with Crippen molar-refractivity contribution in [2.75, 3.05) is 20.6 Å². The Labute approximate surface area is 104 Å². The molecule has 0 spiro atoms. The average molecular weight is 238 g/mol. The highest BCUT2D eigenvalue weighted by molar-refractivity contribution is 5.19. The second-order valence-electron chi connectivity index (χ2n) is 4.73. The highest BCUT2D eigenvalue weighted by Crippen LogP contribution is 2.16. The number of nitrogens with one attached hydrogen (secondary N) is 1. The van der Waals surface area contributed by atoms with Gasteiger partial charge in [0, 0.05) is 18.6 Å². The van der Waals surface area contributed by atoms with Gasteiger partial charge in [-0.3, -0.25) is 0 Å². The number of rotatable bonds is 6. The van der Waals surface area contributed by atoms with Gasteiger partial charge < -0.3 is 10.2 Å². The van der Waals surface area contributed by atoms with E-state index >= 15 is 0 Å². The fourth-order valence-electron chi connectivity index (χ4n) is 1.69. The van der Waals surface area contributed by atoms with Gasteiger partial charge in [0.15, 0.2) is 0 Å². The first kappa shape index (κ1) is 14.1. The van der Waals surface area contributed by atoms with Gasteiger partial charge >= 0.3 is 0 Å². The molecule has 1 aromatic carbocycles. The molecule has 96 valence electrons. The lowest BCUT2D eigenvalue weighted by molar-refractivity contribution is 0.292. The predicted molar refractivity (Wildman–Crippen MR) is 70.6 cm³/mol. The summed E-state index contributed by atoms with van der Waals surface area (Å²) < 4.78 is 12.8. The van der Waals surface area contributed by atoms with Gasteiger partial charge in [-0.25, -0.2) is 4.39 Å². The zero-order valence-electron chi connectivity index (χ0n) is 11.2. The van der Waals surface area contributed by atoms with Crippen LogP contribution in [0.4, 0.5) is 4.39 Å². The molecule has 0 heterocycles. The maximum Gasteiger partial charge on any atom is 0.123 e. The van der Waals surface area contributed by atoms with E-state index in [2.05, 4.69) is 38.2 Å². The van der Waals surface area contributed by atoms with Crippen LogP contribution in [0.2, 0.25) is 0 Å². The van der Waals surface area contributed by atoms with Crippen molar-refractivity contribution in [2.24, 2.45) is 0 Å². The first-order chi connectivity index (χ1) is 8.04. The van der Waals surface area contributed by atoms with E-state index in [-0.39, 0.29) is 5.82 Å². The van der Waals surface area contributed by atoms with E-state index in [4.69, 9.17) is 0 Å². The Kier molecular flexibility index (Phi) is 5.59. The van der Waals surface area contributed by atoms with E-state index in [1.165, 1.54) is 12.1 Å². The number of benzene rings is 1. The van der Waals surface area contributed by atoms with Crippen LogP contribution < -0.4 is 5.32 Å². The van der Waals surface area contributed by atoms with Crippen molar-refractivity contribution in [3.05, 3.63) is 35.6 Å². The molecule has 0 saturated carbocycles. The number of hydrogen-bond donors (Lipinski definition) is 1. The Bertz CT molecular complexity index is 321. The van der Waals surface area contributed by atoms with Crippen molar-refractivity contribution < 1.29 is 4.39 Å². The fourth-order valence-corrected chi connectivity index (χ4v) is 1.69. The van der Waals surface area contributed by atoms with Gasteiger partial charge in [0.2, 0.25) is 0 Å². The van der Waals surface area contributed by atoms with Crippen molar-refractivity contribution in [1.29, 1.82) is 0 Å². The molecule has 0 amide bonds. The van der Waals surface area contributed by atoms with Crippen LogP contribution in [0.3, 0.4) is 0 Å². The van der Waals surface area contributed by atoms with Gasteiger partial charge in [0.05, 0.1) is 0 Å². The van der Waals surface area contributed by atoms with Gasteiger partial charge in [0.25, 0.3) is 0 Å². The van der Waals surface area contributed by atoms with Crippen LogP contribution in [-0.4, -0.2) is 31.6 Å². The highest BCUT2D eigenvalue weighted by Gasteiger charge is 2.11. The largest absolute Gasteiger partial charge is 0.308 e. The number of likely N-dealkylation sites (N-methyl/N-ethyl adjacent to an activating group) is 1. The third kappa shape index (κ3) is 4.44. The van der Waals surface area contributed by atoms with Crippen molar-refractivity contribution in [2.45, 2.75) is 32.4 Å². The first-order valence-corrected chi connectivity index (χ1v) is 6.19. The van der Waals surface area contributed by atoms with Crippen LogP contribution >= 0.6 is 0 Å². The van der Waals surface area contributed by atoms with Crippen molar-refractivity contribution >= 4 is 0 Å². The molecule has 0 bridgehead atoms. The lowest BCUT2D eigenvalue weighted by atomic mass is 10.0. The minimum absolute atomic E-state index is 0.176. The molecule has 0 aromatic heterocycles. The van der Waals surface area contributed by atoms with Gasteiger partial charge in [-0.15, -0.1) is 0 Å². The molecule has 2 unspecified atom stereocenters. The Balaban J connectivity index is 2.57. The molecule has 0 aliphatic rings. The topological polar surface area (TPSA) is 15.3 Å². The molecule has 0 fully saturated rings. The van der Waals surface area contributed by atoms with Gasteiger partial charge in [-0.05, 0) is 45.1 Å². The summed E-state index contributed by atoms with van der Waals surface area (Å²) in [5.74, 6) is -0.176. The first-order valence-electron chi connectivity index (χ1n) is 6.19. The second-order valence-corrected chi connectivity index (χ2v) is 4.73. The summed E-state index contributed by atoms with van der Waals surface area (Å²) >= 11 is 0. The van der Waals surface area contributed by atoms with Crippen LogP contribution in [-0.2, 0) is 0 Å². The van der Waals surface area contributed by atoms with Crippen molar-refractivity contribution in [1.82, 2.24) is 10.2 Å². The summed E-state index contributed by atoms with van der Waals surface area (Å²) in [6.07, 6.45) is 1.01. The van der Waals surface area contributed by atoms with E-state index < -0.39 is 0 Å². The Morgan fingerprint density at radius 1 is 1.24 bits per heavy atom. The summed E-state index contributed by atoms with van der Waals surface area (Å²) in [7, 11) is 4.15. The maximum atomic E-state index is 12.8. The zero-order valence-corrected chi connectivity index (χ0v) is 11.2. The molecular weight excluding hydrogens is 215 g/mol. The van der Waals surface area contributed by atoms with Gasteiger partial charge in [0.1, 0.15) is 5.82 Å². The molecule has 3 heteroatoms. The van der Waals surface area contributed by atoms with Crippen LogP contribution in [0, 0.1) is 5.82 Å². The van der Waals surface area contributed by atoms with E-state index in [9.17, 15) is 4.39 Å². The zero-order chi connectivity index (χ0) is 12.8. The standard InChI is InChI=1S/C14H23FN2/c1-5-14(16-10-11(2)17(3)4)12-6-8-13(15)9-7-12/h6-9,11,14,16H,5,10H2,1-4H3. The van der Waals surface area contributed by atoms with Gasteiger partial charge in [-0.2, -0.15) is 0 Å². The summed E-state index contributed by atoms with van der Waals surface area (Å²) in [5.41, 5.74) is 1.15. The second kappa shape index (κ2) is 6.72. The third-order valence-electron chi connectivity index (χ3n) is 3.22. The molecule has 0 saturated heterocycles. The maximum absolute atomic E-state index is 12.8. The molecular formula is C14H23FN2.